The van der Waals surface area contributed by atoms with E-state index in [-0.39, 0.29) is 36.4 Å². The van der Waals surface area contributed by atoms with Crippen LogP contribution < -0.4 is 5.73 Å². The monoisotopic (exact) mass is 260 g/mol. The summed E-state index contributed by atoms with van der Waals surface area (Å²) in [6, 6.07) is 9.57. The average molecular weight is 260 g/mol. The maximum absolute atomic E-state index is 11.8. The van der Waals surface area contributed by atoms with Gasteiger partial charge in [-0.2, -0.15) is 0 Å². The molecular weight excluding hydrogens is 244 g/mol. The third kappa shape index (κ3) is 2.28. The van der Waals surface area contributed by atoms with Crippen molar-refractivity contribution >= 4 is 12.0 Å². The van der Waals surface area contributed by atoms with Crippen LogP contribution in [-0.2, 0) is 16.1 Å². The number of nitrogens with zero attached hydrogens (tertiary/aromatic N) is 1. The number of carbonyl (C=O) groups excluding carboxylic acids is 2. The third-order valence-corrected chi connectivity index (χ3v) is 3.99. The minimum Gasteiger partial charge on any atom is -0.445 e. The number of likely N-dealkylation sites (tertiary alicyclic amines) is 1. The molecule has 0 spiro atoms. The highest BCUT2D eigenvalue weighted by Crippen LogP contribution is 2.51. The smallest absolute Gasteiger partial charge is 0.410 e. The minimum atomic E-state index is -0.306. The summed E-state index contributed by atoms with van der Waals surface area (Å²) in [4.78, 5) is 24.6. The molecule has 0 bridgehead atoms. The van der Waals surface area contributed by atoms with Crippen molar-refractivity contribution in [3.8, 4) is 0 Å². The molecule has 5 nitrogen and oxygen atoms in total. The van der Waals surface area contributed by atoms with Crippen LogP contribution in [0.2, 0.25) is 0 Å². The Morgan fingerprint density at radius 2 is 1.84 bits per heavy atom. The van der Waals surface area contributed by atoms with Gasteiger partial charge in [0.1, 0.15) is 6.61 Å². The van der Waals surface area contributed by atoms with Gasteiger partial charge in [-0.15, -0.1) is 0 Å². The van der Waals surface area contributed by atoms with Crippen molar-refractivity contribution in [2.45, 2.75) is 6.61 Å². The molecule has 1 aromatic rings. The van der Waals surface area contributed by atoms with Crippen molar-refractivity contribution in [2.24, 2.45) is 23.5 Å². The lowest BCUT2D eigenvalue weighted by atomic mass is 10.2. The van der Waals surface area contributed by atoms with Crippen molar-refractivity contribution in [1.29, 1.82) is 0 Å². The molecule has 1 aliphatic carbocycles. The Balaban J connectivity index is 1.47. The van der Waals surface area contributed by atoms with Crippen LogP contribution >= 0.6 is 0 Å². The predicted octanol–water partition coefficient (Wildman–Crippen LogP) is 0.986. The molecular formula is C14H16N2O3. The first-order valence-electron chi connectivity index (χ1n) is 6.42. The number of hydrogen-bond acceptors (Lipinski definition) is 3. The molecule has 2 aliphatic rings. The van der Waals surface area contributed by atoms with Crippen LogP contribution in [0.1, 0.15) is 5.56 Å². The maximum Gasteiger partial charge on any atom is 0.410 e. The van der Waals surface area contributed by atoms with Crippen LogP contribution in [0.15, 0.2) is 30.3 Å². The lowest BCUT2D eigenvalue weighted by molar-refractivity contribution is -0.120. The van der Waals surface area contributed by atoms with Crippen LogP contribution in [0, 0.1) is 17.8 Å². The van der Waals surface area contributed by atoms with Crippen molar-refractivity contribution in [3.05, 3.63) is 35.9 Å². The third-order valence-electron chi connectivity index (χ3n) is 3.99. The zero-order valence-electron chi connectivity index (χ0n) is 10.5. The van der Waals surface area contributed by atoms with Gasteiger partial charge in [-0.3, -0.25) is 4.79 Å². The molecule has 1 saturated heterocycles. The van der Waals surface area contributed by atoms with E-state index >= 15 is 0 Å². The van der Waals surface area contributed by atoms with E-state index < -0.39 is 0 Å². The summed E-state index contributed by atoms with van der Waals surface area (Å²) in [5, 5.41) is 0. The van der Waals surface area contributed by atoms with Gasteiger partial charge in [0, 0.05) is 19.0 Å². The number of hydrogen-bond donors (Lipinski definition) is 1. The Morgan fingerprint density at radius 3 is 2.42 bits per heavy atom. The number of rotatable bonds is 3. The topological polar surface area (TPSA) is 72.6 Å². The summed E-state index contributed by atoms with van der Waals surface area (Å²) in [5.41, 5.74) is 6.24. The average Bonchev–Trinajstić information content (AvgIpc) is 2.93. The first kappa shape index (κ1) is 12.0. The summed E-state index contributed by atoms with van der Waals surface area (Å²) >= 11 is 0. The predicted molar refractivity (Wildman–Crippen MR) is 67.9 cm³/mol. The second kappa shape index (κ2) is 4.57. The van der Waals surface area contributed by atoms with Gasteiger partial charge < -0.3 is 15.4 Å². The molecule has 1 heterocycles. The normalized spacial score (nSPS) is 27.8. The van der Waals surface area contributed by atoms with E-state index in [2.05, 4.69) is 0 Å². The van der Waals surface area contributed by atoms with E-state index in [1.54, 1.807) is 4.90 Å². The molecule has 2 amide bonds. The van der Waals surface area contributed by atoms with Gasteiger partial charge in [-0.1, -0.05) is 30.3 Å². The molecule has 0 aromatic heterocycles. The van der Waals surface area contributed by atoms with E-state index in [9.17, 15) is 9.59 Å². The molecule has 100 valence electrons. The first-order valence-corrected chi connectivity index (χ1v) is 6.42. The second-order valence-electron chi connectivity index (χ2n) is 5.20. The summed E-state index contributed by atoms with van der Waals surface area (Å²) < 4.78 is 5.25. The minimum absolute atomic E-state index is 0.0295. The fourth-order valence-corrected chi connectivity index (χ4v) is 2.91. The SMILES string of the molecule is NC(=O)[C@H]1[C@@H]2CN(C(=O)OCc3ccccc3)C[C@@H]21. The van der Waals surface area contributed by atoms with Gasteiger partial charge in [0.2, 0.25) is 5.91 Å². The number of primary amides is 1. The van der Waals surface area contributed by atoms with Crippen molar-refractivity contribution < 1.29 is 14.3 Å². The van der Waals surface area contributed by atoms with Crippen LogP contribution in [0.5, 0.6) is 0 Å². The molecule has 0 radical (unpaired) electrons. The van der Waals surface area contributed by atoms with Gasteiger partial charge in [0.15, 0.2) is 0 Å². The second-order valence-corrected chi connectivity index (χ2v) is 5.20. The fourth-order valence-electron chi connectivity index (χ4n) is 2.91. The molecule has 0 unspecified atom stereocenters. The van der Waals surface area contributed by atoms with Gasteiger partial charge in [-0.05, 0) is 17.4 Å². The highest BCUT2D eigenvalue weighted by Gasteiger charge is 2.59. The molecule has 5 heteroatoms. The Labute approximate surface area is 111 Å². The first-order chi connectivity index (χ1) is 9.16. The number of ether oxygens (including phenoxy) is 1. The summed E-state index contributed by atoms with van der Waals surface area (Å²) in [5.74, 6) is 0.231. The summed E-state index contributed by atoms with van der Waals surface area (Å²) in [6.07, 6.45) is -0.306. The van der Waals surface area contributed by atoms with Gasteiger partial charge in [0.05, 0.1) is 0 Å². The molecule has 3 rings (SSSR count). The molecule has 1 aliphatic heterocycles. The highest BCUT2D eigenvalue weighted by atomic mass is 16.6. The maximum atomic E-state index is 11.8. The van der Waals surface area contributed by atoms with E-state index in [4.69, 9.17) is 10.5 Å². The lowest BCUT2D eigenvalue weighted by Gasteiger charge is -2.18. The van der Waals surface area contributed by atoms with Crippen molar-refractivity contribution in [2.75, 3.05) is 13.1 Å². The highest BCUT2D eigenvalue weighted by molar-refractivity contribution is 5.81. The summed E-state index contributed by atoms with van der Waals surface area (Å²) in [6.45, 7) is 1.46. The van der Waals surface area contributed by atoms with Crippen molar-refractivity contribution in [1.82, 2.24) is 4.90 Å². The van der Waals surface area contributed by atoms with E-state index in [1.807, 2.05) is 30.3 Å². The van der Waals surface area contributed by atoms with E-state index in [1.165, 1.54) is 0 Å². The lowest BCUT2D eigenvalue weighted by Crippen LogP contribution is -2.34. The van der Waals surface area contributed by atoms with Gasteiger partial charge in [0.25, 0.3) is 0 Å². The molecule has 1 aromatic carbocycles. The number of piperidine rings is 1. The van der Waals surface area contributed by atoms with Crippen LogP contribution in [0.25, 0.3) is 0 Å². The number of carbonyl (C=O) groups is 2. The molecule has 1 saturated carbocycles. The quantitative estimate of drug-likeness (QED) is 0.880. The number of benzene rings is 1. The van der Waals surface area contributed by atoms with Crippen LogP contribution in [0.3, 0.4) is 0 Å². The Hall–Kier alpha value is -2.04. The largest absolute Gasteiger partial charge is 0.445 e. The number of amides is 2. The van der Waals surface area contributed by atoms with E-state index in [0.29, 0.717) is 13.1 Å². The molecule has 2 fully saturated rings. The van der Waals surface area contributed by atoms with Gasteiger partial charge in [-0.25, -0.2) is 4.79 Å². The fraction of sp³-hybridized carbons (Fsp3) is 0.429. The van der Waals surface area contributed by atoms with E-state index in [0.717, 1.165) is 5.56 Å². The van der Waals surface area contributed by atoms with Crippen LogP contribution in [-0.4, -0.2) is 30.0 Å². The van der Waals surface area contributed by atoms with Crippen molar-refractivity contribution in [3.63, 3.8) is 0 Å². The zero-order chi connectivity index (χ0) is 13.4. The summed E-state index contributed by atoms with van der Waals surface area (Å²) in [7, 11) is 0. The number of fused-ring (bicyclic) bond motifs is 1. The Bertz CT molecular complexity index is 491. The molecule has 19 heavy (non-hydrogen) atoms. The molecule has 3 atom stereocenters. The Kier molecular flexibility index (Phi) is 2.89. The molecule has 2 N–H and O–H groups in total. The van der Waals surface area contributed by atoms with Gasteiger partial charge >= 0.3 is 6.09 Å². The Morgan fingerprint density at radius 1 is 1.21 bits per heavy atom. The van der Waals surface area contributed by atoms with Crippen LogP contribution in [0.4, 0.5) is 4.79 Å². The standard InChI is InChI=1S/C14H16N2O3/c15-13(17)12-10-6-16(7-11(10)12)14(18)19-8-9-4-2-1-3-5-9/h1-5,10-12H,6-8H2,(H2,15,17)/t10-,11+,12+. The number of nitrogens with two attached hydrogens (primary N) is 1. The zero-order valence-corrected chi connectivity index (χ0v) is 10.5.